The molecule has 2 atom stereocenters. The van der Waals surface area contributed by atoms with E-state index in [0.717, 1.165) is 0 Å². The van der Waals surface area contributed by atoms with Crippen molar-refractivity contribution in [1.82, 2.24) is 0 Å². The summed E-state index contributed by atoms with van der Waals surface area (Å²) in [5.41, 5.74) is -1.72. The van der Waals surface area contributed by atoms with Gasteiger partial charge in [0, 0.05) is 10.6 Å². The van der Waals surface area contributed by atoms with Crippen LogP contribution in [0.2, 0.25) is 10.0 Å². The van der Waals surface area contributed by atoms with Crippen LogP contribution in [0.25, 0.3) is 0 Å². The molecule has 2 unspecified atom stereocenters. The largest absolute Gasteiger partial charge is 0.464 e. The van der Waals surface area contributed by atoms with Crippen molar-refractivity contribution >= 4 is 29.2 Å². The van der Waals surface area contributed by atoms with E-state index in [2.05, 4.69) is 0 Å². The smallest absolute Gasteiger partial charge is 0.341 e. The quantitative estimate of drug-likeness (QED) is 0.476. The summed E-state index contributed by atoms with van der Waals surface area (Å²) in [5.74, 6) is -1.06. The molecule has 0 saturated carbocycles. The van der Waals surface area contributed by atoms with Crippen molar-refractivity contribution in [2.24, 2.45) is 0 Å². The lowest BCUT2D eigenvalue weighted by Gasteiger charge is -2.16. The fraction of sp³-hybridized carbons (Fsp3) is 0.500. The van der Waals surface area contributed by atoms with E-state index in [-0.39, 0.29) is 16.7 Å². The van der Waals surface area contributed by atoms with Crippen molar-refractivity contribution in [2.75, 3.05) is 6.61 Å². The van der Waals surface area contributed by atoms with Crippen molar-refractivity contribution in [1.29, 1.82) is 0 Å². The van der Waals surface area contributed by atoms with E-state index in [9.17, 15) is 9.18 Å². The van der Waals surface area contributed by atoms with E-state index in [1.807, 2.05) is 6.92 Å². The van der Waals surface area contributed by atoms with Gasteiger partial charge in [0.1, 0.15) is 11.4 Å². The maximum absolute atomic E-state index is 13.7. The lowest BCUT2D eigenvalue weighted by Crippen LogP contribution is -2.33. The normalized spacial score (nSPS) is 28.3. The highest BCUT2D eigenvalue weighted by molar-refractivity contribution is 6.35. The Morgan fingerprint density at radius 2 is 2.00 bits per heavy atom. The van der Waals surface area contributed by atoms with Crippen LogP contribution >= 0.6 is 23.2 Å². The van der Waals surface area contributed by atoms with Crippen LogP contribution in [-0.4, -0.2) is 18.2 Å². The topological polar surface area (TPSA) is 38.8 Å². The minimum atomic E-state index is -1.12. The number of hydrogen-bond donors (Lipinski definition) is 0. The number of carbonyl (C=O) groups excluding carboxylic acids is 1. The number of ether oxygens (including phenoxy) is 2. The number of benzene rings is 1. The second-order valence-corrected chi connectivity index (χ2v) is 5.60. The molecule has 0 amide bonds. The first-order valence-corrected chi connectivity index (χ1v) is 7.10. The zero-order chi connectivity index (χ0) is 15.1. The summed E-state index contributed by atoms with van der Waals surface area (Å²) in [7, 11) is 0. The van der Waals surface area contributed by atoms with Crippen LogP contribution in [0.4, 0.5) is 4.39 Å². The number of epoxide rings is 1. The molecule has 1 heterocycles. The fourth-order valence-corrected chi connectivity index (χ4v) is 3.09. The van der Waals surface area contributed by atoms with Gasteiger partial charge < -0.3 is 9.47 Å². The first kappa shape index (κ1) is 15.5. The summed E-state index contributed by atoms with van der Waals surface area (Å²) in [5, 5.41) is 0.194. The van der Waals surface area contributed by atoms with Crippen LogP contribution < -0.4 is 0 Å². The van der Waals surface area contributed by atoms with Crippen LogP contribution in [-0.2, 0) is 19.9 Å². The van der Waals surface area contributed by atoms with E-state index in [4.69, 9.17) is 32.7 Å². The monoisotopic (exact) mass is 320 g/mol. The van der Waals surface area contributed by atoms with Crippen LogP contribution in [0.15, 0.2) is 12.1 Å². The van der Waals surface area contributed by atoms with Gasteiger partial charge in [-0.25, -0.2) is 9.18 Å². The van der Waals surface area contributed by atoms with Gasteiger partial charge in [-0.2, -0.15) is 0 Å². The van der Waals surface area contributed by atoms with Crippen LogP contribution in [0, 0.1) is 5.82 Å². The van der Waals surface area contributed by atoms with E-state index in [1.54, 1.807) is 13.8 Å². The third-order valence-electron chi connectivity index (χ3n) is 3.73. The van der Waals surface area contributed by atoms with Crippen LogP contribution in [0.5, 0.6) is 0 Å². The molecule has 110 valence electrons. The van der Waals surface area contributed by atoms with Crippen molar-refractivity contribution in [3.63, 3.8) is 0 Å². The van der Waals surface area contributed by atoms with E-state index >= 15 is 0 Å². The molecule has 0 N–H and O–H groups in total. The van der Waals surface area contributed by atoms with Gasteiger partial charge >= 0.3 is 5.97 Å². The highest BCUT2D eigenvalue weighted by Gasteiger charge is 2.73. The SMILES string of the molecule is CCOC(=O)C1(CC)OC1(C)c1cc(F)c(Cl)cc1Cl. The zero-order valence-electron chi connectivity index (χ0n) is 11.4. The molecular formula is C14H15Cl2FO3. The fourth-order valence-electron chi connectivity index (χ4n) is 2.52. The van der Waals surface area contributed by atoms with Gasteiger partial charge in [-0.3, -0.25) is 0 Å². The molecule has 3 nitrogen and oxygen atoms in total. The lowest BCUT2D eigenvalue weighted by molar-refractivity contribution is -0.149. The molecule has 1 aliphatic heterocycles. The lowest BCUT2D eigenvalue weighted by atomic mass is 9.85. The molecule has 1 fully saturated rings. The molecule has 1 aromatic rings. The summed E-state index contributed by atoms with van der Waals surface area (Å²) >= 11 is 11.8. The minimum Gasteiger partial charge on any atom is -0.464 e. The predicted octanol–water partition coefficient (Wildman–Crippen LogP) is 4.09. The first-order valence-electron chi connectivity index (χ1n) is 6.34. The average Bonchev–Trinajstić information content (AvgIpc) is 3.02. The number of rotatable bonds is 4. The number of carbonyl (C=O) groups is 1. The third-order valence-corrected chi connectivity index (χ3v) is 4.34. The Bertz CT molecular complexity index is 564. The Kier molecular flexibility index (Phi) is 4.02. The first-order chi connectivity index (χ1) is 9.32. The molecular weight excluding hydrogens is 306 g/mol. The van der Waals surface area contributed by atoms with Gasteiger partial charge in [-0.1, -0.05) is 30.1 Å². The van der Waals surface area contributed by atoms with Gasteiger partial charge in [0.25, 0.3) is 0 Å². The molecule has 0 bridgehead atoms. The molecule has 6 heteroatoms. The second-order valence-electron chi connectivity index (χ2n) is 4.78. The van der Waals surface area contributed by atoms with Crippen LogP contribution in [0.1, 0.15) is 32.8 Å². The molecule has 0 radical (unpaired) electrons. The van der Waals surface area contributed by atoms with Gasteiger partial charge in [0.05, 0.1) is 11.6 Å². The molecule has 2 rings (SSSR count). The van der Waals surface area contributed by atoms with Crippen molar-refractivity contribution in [3.05, 3.63) is 33.6 Å². The van der Waals surface area contributed by atoms with Crippen molar-refractivity contribution in [3.8, 4) is 0 Å². The Labute approximate surface area is 127 Å². The number of halogens is 3. The zero-order valence-corrected chi connectivity index (χ0v) is 12.9. The van der Waals surface area contributed by atoms with Gasteiger partial charge in [-0.15, -0.1) is 0 Å². The number of esters is 1. The molecule has 1 aliphatic rings. The third kappa shape index (κ3) is 2.10. The average molecular weight is 321 g/mol. The second kappa shape index (κ2) is 5.17. The summed E-state index contributed by atoms with van der Waals surface area (Å²) in [4.78, 5) is 12.1. The van der Waals surface area contributed by atoms with Gasteiger partial charge in [-0.05, 0) is 32.4 Å². The Balaban J connectivity index is 2.44. The van der Waals surface area contributed by atoms with Crippen molar-refractivity contribution < 1.29 is 18.7 Å². The standard InChI is InChI=1S/C14H15Cl2FO3/c1-4-14(12(18)19-5-2)13(3,20-14)8-6-11(17)10(16)7-9(8)15/h6-7H,4-5H2,1-3H3. The number of hydrogen-bond acceptors (Lipinski definition) is 3. The minimum absolute atomic E-state index is 0.0683. The molecule has 0 aliphatic carbocycles. The summed E-state index contributed by atoms with van der Waals surface area (Å²) in [6.45, 7) is 5.48. The predicted molar refractivity (Wildman–Crippen MR) is 74.5 cm³/mol. The van der Waals surface area contributed by atoms with Gasteiger partial charge in [0.15, 0.2) is 5.60 Å². The Hall–Kier alpha value is -0.840. The maximum atomic E-state index is 13.7. The Morgan fingerprint density at radius 3 is 2.55 bits per heavy atom. The van der Waals surface area contributed by atoms with E-state index in [1.165, 1.54) is 12.1 Å². The van der Waals surface area contributed by atoms with E-state index < -0.39 is 23.0 Å². The van der Waals surface area contributed by atoms with E-state index in [0.29, 0.717) is 12.0 Å². The Morgan fingerprint density at radius 1 is 1.35 bits per heavy atom. The maximum Gasteiger partial charge on any atom is 0.341 e. The molecule has 0 aromatic heterocycles. The molecule has 20 heavy (non-hydrogen) atoms. The molecule has 1 saturated heterocycles. The highest BCUT2D eigenvalue weighted by Crippen LogP contribution is 2.59. The summed E-state index contributed by atoms with van der Waals surface area (Å²) < 4.78 is 24.4. The van der Waals surface area contributed by atoms with Crippen molar-refractivity contribution in [2.45, 2.75) is 38.4 Å². The molecule has 1 aromatic carbocycles. The van der Waals surface area contributed by atoms with Crippen LogP contribution in [0.3, 0.4) is 0 Å². The molecule has 0 spiro atoms. The summed E-state index contributed by atoms with van der Waals surface area (Å²) in [6, 6.07) is 2.52. The van der Waals surface area contributed by atoms with Gasteiger partial charge in [0.2, 0.25) is 0 Å². The highest BCUT2D eigenvalue weighted by atomic mass is 35.5. The summed E-state index contributed by atoms with van der Waals surface area (Å²) in [6.07, 6.45) is 0.406.